The zero-order chi connectivity index (χ0) is 19.9. The van der Waals surface area contributed by atoms with Gasteiger partial charge in [-0.3, -0.25) is 14.8 Å². The van der Waals surface area contributed by atoms with Crippen LogP contribution in [0.3, 0.4) is 0 Å². The minimum Gasteiger partial charge on any atom is -0.497 e. The van der Waals surface area contributed by atoms with E-state index in [4.69, 9.17) is 10.6 Å². The maximum Gasteiger partial charge on any atom is 0.244 e. The second-order valence-corrected chi connectivity index (χ2v) is 6.90. The lowest BCUT2D eigenvalue weighted by molar-refractivity contribution is -0.118. The zero-order valence-corrected chi connectivity index (χ0v) is 16.4. The van der Waals surface area contributed by atoms with Gasteiger partial charge in [0.15, 0.2) is 11.0 Å². The molecule has 0 fully saturated rings. The summed E-state index contributed by atoms with van der Waals surface area (Å²) in [7, 11) is 1.64. The van der Waals surface area contributed by atoms with Crippen LogP contribution in [-0.2, 0) is 4.79 Å². The number of para-hydroxylation sites is 1. The third-order valence-corrected chi connectivity index (χ3v) is 4.96. The Kier molecular flexibility index (Phi) is 6.51. The minimum absolute atomic E-state index is 0.126. The Balaban J connectivity index is 1.88. The molecule has 0 aliphatic carbocycles. The molecule has 1 atom stereocenters. The molecule has 0 aliphatic heterocycles. The lowest BCUT2D eigenvalue weighted by Gasteiger charge is -2.17. The maximum atomic E-state index is 11.5. The number of anilines is 1. The van der Waals surface area contributed by atoms with Gasteiger partial charge in [-0.05, 0) is 43.3 Å². The van der Waals surface area contributed by atoms with Crippen LogP contribution in [0.4, 0.5) is 5.69 Å². The number of amides is 1. The molecule has 0 spiro atoms. The van der Waals surface area contributed by atoms with Crippen LogP contribution >= 0.6 is 11.8 Å². The Bertz CT molecular complexity index is 914. The Hall–Kier alpha value is -3.04. The van der Waals surface area contributed by atoms with Crippen LogP contribution in [-0.4, -0.2) is 33.5 Å². The smallest absolute Gasteiger partial charge is 0.244 e. The predicted molar refractivity (Wildman–Crippen MR) is 109 cm³/mol. The van der Waals surface area contributed by atoms with Crippen LogP contribution in [0.2, 0.25) is 0 Å². The number of hydrazine groups is 1. The molecule has 1 amide bonds. The molecule has 9 heteroatoms. The quantitative estimate of drug-likeness (QED) is 0.232. The van der Waals surface area contributed by atoms with Gasteiger partial charge in [-0.2, -0.15) is 0 Å². The molecule has 3 rings (SSSR count). The molecular weight excluding hydrogens is 376 g/mol. The monoisotopic (exact) mass is 398 g/mol. The van der Waals surface area contributed by atoms with Gasteiger partial charge in [0.25, 0.3) is 0 Å². The van der Waals surface area contributed by atoms with Gasteiger partial charge in [0.2, 0.25) is 5.91 Å². The average molecular weight is 398 g/mol. The molecule has 0 radical (unpaired) electrons. The van der Waals surface area contributed by atoms with E-state index in [1.807, 2.05) is 66.1 Å². The van der Waals surface area contributed by atoms with Gasteiger partial charge in [0.1, 0.15) is 5.75 Å². The van der Waals surface area contributed by atoms with Crippen LogP contribution in [0.25, 0.3) is 5.69 Å². The van der Waals surface area contributed by atoms with Crippen molar-refractivity contribution in [3.8, 4) is 11.4 Å². The van der Waals surface area contributed by atoms with Crippen molar-refractivity contribution in [3.63, 3.8) is 0 Å². The van der Waals surface area contributed by atoms with Crippen LogP contribution in [0.15, 0.2) is 59.8 Å². The molecule has 0 saturated heterocycles. The molecule has 146 valence electrons. The maximum absolute atomic E-state index is 11.5. The topological polar surface area (TPSA) is 107 Å². The molecule has 0 unspecified atom stereocenters. The molecule has 8 nitrogen and oxygen atoms in total. The third-order valence-electron chi connectivity index (χ3n) is 4.03. The fourth-order valence-electron chi connectivity index (χ4n) is 2.65. The van der Waals surface area contributed by atoms with Crippen LogP contribution < -0.4 is 21.3 Å². The van der Waals surface area contributed by atoms with E-state index in [0.29, 0.717) is 5.16 Å². The van der Waals surface area contributed by atoms with E-state index >= 15 is 0 Å². The number of rotatable bonds is 8. The first-order valence-electron chi connectivity index (χ1n) is 8.66. The van der Waals surface area contributed by atoms with E-state index in [1.54, 1.807) is 7.11 Å². The first kappa shape index (κ1) is 19.7. The number of methoxy groups -OCH3 is 1. The van der Waals surface area contributed by atoms with Crippen LogP contribution in [0.5, 0.6) is 5.75 Å². The second-order valence-electron chi connectivity index (χ2n) is 5.96. The molecule has 4 N–H and O–H groups in total. The van der Waals surface area contributed by atoms with Crippen molar-refractivity contribution in [2.75, 3.05) is 18.2 Å². The fraction of sp³-hybridized carbons (Fsp3) is 0.211. The van der Waals surface area contributed by atoms with Gasteiger partial charge in [0, 0.05) is 11.4 Å². The highest BCUT2D eigenvalue weighted by atomic mass is 32.2. The Morgan fingerprint density at radius 2 is 1.89 bits per heavy atom. The Morgan fingerprint density at radius 3 is 2.54 bits per heavy atom. The summed E-state index contributed by atoms with van der Waals surface area (Å²) in [6.07, 6.45) is 0. The summed E-state index contributed by atoms with van der Waals surface area (Å²) in [4.78, 5) is 11.5. The van der Waals surface area contributed by atoms with E-state index in [9.17, 15) is 4.79 Å². The van der Waals surface area contributed by atoms with Crippen molar-refractivity contribution in [2.45, 2.75) is 18.1 Å². The SMILES string of the molecule is COc1ccc(N[C@@H](C)c2nnc(SCC(=O)NN)n2-c2ccccc2)cc1. The van der Waals surface area contributed by atoms with Gasteiger partial charge in [-0.1, -0.05) is 30.0 Å². The van der Waals surface area contributed by atoms with Crippen molar-refractivity contribution in [2.24, 2.45) is 5.84 Å². The van der Waals surface area contributed by atoms with E-state index in [1.165, 1.54) is 11.8 Å². The predicted octanol–water partition coefficient (Wildman–Crippen LogP) is 2.53. The highest BCUT2D eigenvalue weighted by Crippen LogP contribution is 2.27. The van der Waals surface area contributed by atoms with E-state index < -0.39 is 0 Å². The molecule has 2 aromatic carbocycles. The number of carbonyl (C=O) groups excluding carboxylic acids is 1. The molecule has 0 bridgehead atoms. The van der Waals surface area contributed by atoms with Gasteiger partial charge >= 0.3 is 0 Å². The molecule has 28 heavy (non-hydrogen) atoms. The van der Waals surface area contributed by atoms with E-state index in [2.05, 4.69) is 20.9 Å². The summed E-state index contributed by atoms with van der Waals surface area (Å²) in [6.45, 7) is 2.01. The fourth-order valence-corrected chi connectivity index (χ4v) is 3.42. The van der Waals surface area contributed by atoms with Gasteiger partial charge in [-0.25, -0.2) is 5.84 Å². The number of hydrogen-bond donors (Lipinski definition) is 3. The third kappa shape index (κ3) is 4.62. The summed E-state index contributed by atoms with van der Waals surface area (Å²) in [5.41, 5.74) is 3.98. The van der Waals surface area contributed by atoms with Crippen molar-refractivity contribution in [1.29, 1.82) is 0 Å². The molecular formula is C19H22N6O2S. The standard InChI is InChI=1S/C19H22N6O2S/c1-13(21-14-8-10-16(27-2)11-9-14)18-23-24-19(28-12-17(26)22-20)25(18)15-6-4-3-5-7-15/h3-11,13,21H,12,20H2,1-2H3,(H,22,26)/t13-/m0/s1. The number of aromatic nitrogens is 3. The van der Waals surface area contributed by atoms with Gasteiger partial charge in [-0.15, -0.1) is 10.2 Å². The zero-order valence-electron chi connectivity index (χ0n) is 15.6. The van der Waals surface area contributed by atoms with Crippen LogP contribution in [0.1, 0.15) is 18.8 Å². The first-order chi connectivity index (χ1) is 13.6. The first-order valence-corrected chi connectivity index (χ1v) is 9.64. The van der Waals surface area contributed by atoms with Crippen LogP contribution in [0, 0.1) is 0 Å². The highest BCUT2D eigenvalue weighted by Gasteiger charge is 2.20. The van der Waals surface area contributed by atoms with E-state index in [-0.39, 0.29) is 17.7 Å². The van der Waals surface area contributed by atoms with Crippen molar-refractivity contribution >= 4 is 23.4 Å². The normalized spacial score (nSPS) is 11.7. The number of carbonyl (C=O) groups is 1. The summed E-state index contributed by atoms with van der Waals surface area (Å²) in [6, 6.07) is 17.3. The van der Waals surface area contributed by atoms with Crippen molar-refractivity contribution < 1.29 is 9.53 Å². The lowest BCUT2D eigenvalue weighted by atomic mass is 10.2. The summed E-state index contributed by atoms with van der Waals surface area (Å²) in [5.74, 6) is 6.57. The number of nitrogens with two attached hydrogens (primary N) is 1. The molecule has 1 aromatic heterocycles. The van der Waals surface area contributed by atoms with Gasteiger partial charge in [0.05, 0.1) is 18.9 Å². The van der Waals surface area contributed by atoms with Crippen molar-refractivity contribution in [1.82, 2.24) is 20.2 Å². The van der Waals surface area contributed by atoms with Crippen molar-refractivity contribution in [3.05, 3.63) is 60.4 Å². The number of benzene rings is 2. The highest BCUT2D eigenvalue weighted by molar-refractivity contribution is 7.99. The minimum atomic E-state index is -0.279. The van der Waals surface area contributed by atoms with Gasteiger partial charge < -0.3 is 10.1 Å². The number of thioether (sulfide) groups is 1. The summed E-state index contributed by atoms with van der Waals surface area (Å²) >= 11 is 1.28. The Morgan fingerprint density at radius 1 is 1.18 bits per heavy atom. The molecule has 0 saturated carbocycles. The average Bonchev–Trinajstić information content (AvgIpc) is 3.17. The second kappa shape index (κ2) is 9.25. The Labute approximate surface area is 167 Å². The number of hydrogen-bond acceptors (Lipinski definition) is 7. The molecule has 0 aliphatic rings. The molecule has 3 aromatic rings. The number of nitrogens with zero attached hydrogens (tertiary/aromatic N) is 3. The number of nitrogens with one attached hydrogen (secondary N) is 2. The van der Waals surface area contributed by atoms with E-state index in [0.717, 1.165) is 22.9 Å². The lowest BCUT2D eigenvalue weighted by Crippen LogP contribution is -2.31. The summed E-state index contributed by atoms with van der Waals surface area (Å²) < 4.78 is 7.14. The largest absolute Gasteiger partial charge is 0.497 e. The summed E-state index contributed by atoms with van der Waals surface area (Å²) in [5, 5.41) is 12.7. The molecule has 1 heterocycles. The number of ether oxygens (including phenoxy) is 1.